The zero-order valence-corrected chi connectivity index (χ0v) is 11.9. The number of aliphatic hydroxyl groups excluding tert-OH is 1. The van der Waals surface area contributed by atoms with Crippen molar-refractivity contribution < 1.29 is 18.3 Å². The molecular weight excluding hydrogens is 281 g/mol. The number of nitrogens with zero attached hydrogens (tertiary/aromatic N) is 2. The Morgan fingerprint density at radius 2 is 1.90 bits per heavy atom. The van der Waals surface area contributed by atoms with E-state index in [1.54, 1.807) is 32.0 Å². The van der Waals surface area contributed by atoms with E-state index in [0.29, 0.717) is 11.1 Å². The number of hydrogen-bond donors (Lipinski definition) is 1. The maximum atomic E-state index is 12.8. The molecule has 2 rings (SSSR count). The molecule has 114 valence electrons. The minimum atomic E-state index is -4.33. The Kier molecular flexibility index (Phi) is 4.37. The summed E-state index contributed by atoms with van der Waals surface area (Å²) in [6, 6.07) is 8.46. The molecule has 0 bridgehead atoms. The average molecular weight is 298 g/mol. The highest BCUT2D eigenvalue weighted by Gasteiger charge is 2.33. The van der Waals surface area contributed by atoms with Gasteiger partial charge < -0.3 is 10.0 Å². The van der Waals surface area contributed by atoms with Crippen LogP contribution >= 0.6 is 0 Å². The lowest BCUT2D eigenvalue weighted by Gasteiger charge is -2.30. The molecule has 0 radical (unpaired) electrons. The van der Waals surface area contributed by atoms with Gasteiger partial charge in [0.2, 0.25) is 0 Å². The fourth-order valence-corrected chi connectivity index (χ4v) is 2.21. The normalized spacial score (nSPS) is 12.1. The monoisotopic (exact) mass is 298 g/mol. The van der Waals surface area contributed by atoms with Gasteiger partial charge in [-0.1, -0.05) is 18.2 Å². The summed E-state index contributed by atoms with van der Waals surface area (Å²) in [6.07, 6.45) is -4.33. The van der Waals surface area contributed by atoms with Gasteiger partial charge in [-0.25, -0.2) is 4.98 Å². The molecule has 1 aromatic heterocycles. The molecule has 0 unspecified atom stereocenters. The van der Waals surface area contributed by atoms with Crippen LogP contribution in [-0.2, 0) is 6.61 Å². The lowest BCUT2D eigenvalue weighted by molar-refractivity contribution is -0.120. The summed E-state index contributed by atoms with van der Waals surface area (Å²) in [4.78, 5) is 5.48. The van der Waals surface area contributed by atoms with Gasteiger partial charge in [0, 0.05) is 17.0 Å². The number of hydrogen-bond acceptors (Lipinski definition) is 3. The number of para-hydroxylation sites is 1. The van der Waals surface area contributed by atoms with Crippen LogP contribution in [0.15, 0.2) is 30.3 Å². The molecule has 3 nitrogen and oxygen atoms in total. The Hall–Kier alpha value is -1.82. The molecule has 0 aliphatic carbocycles. The highest BCUT2D eigenvalue weighted by atomic mass is 19.4. The van der Waals surface area contributed by atoms with E-state index in [2.05, 4.69) is 4.98 Å². The second-order valence-electron chi connectivity index (χ2n) is 5.16. The van der Waals surface area contributed by atoms with Crippen molar-refractivity contribution in [1.29, 1.82) is 0 Å². The van der Waals surface area contributed by atoms with Gasteiger partial charge in [-0.2, -0.15) is 13.2 Å². The summed E-state index contributed by atoms with van der Waals surface area (Å²) in [6.45, 7) is 1.89. The van der Waals surface area contributed by atoms with Crippen molar-refractivity contribution in [1.82, 2.24) is 4.98 Å². The van der Waals surface area contributed by atoms with Gasteiger partial charge in [-0.15, -0.1) is 0 Å². The zero-order chi connectivity index (χ0) is 15.6. The molecule has 1 N–H and O–H groups in total. The SMILES string of the molecule is CC(C)N(CC(F)(F)F)c1nc2ccccc2cc1CO. The predicted octanol–water partition coefficient (Wildman–Crippen LogP) is 3.50. The fourth-order valence-electron chi connectivity index (χ4n) is 2.21. The van der Waals surface area contributed by atoms with Crippen LogP contribution < -0.4 is 4.90 Å². The maximum absolute atomic E-state index is 12.8. The van der Waals surface area contributed by atoms with Crippen molar-refractivity contribution >= 4 is 16.7 Å². The van der Waals surface area contributed by atoms with E-state index in [9.17, 15) is 18.3 Å². The second-order valence-corrected chi connectivity index (χ2v) is 5.16. The van der Waals surface area contributed by atoms with Crippen molar-refractivity contribution in [2.45, 2.75) is 32.7 Å². The zero-order valence-electron chi connectivity index (χ0n) is 11.9. The lowest BCUT2D eigenvalue weighted by Crippen LogP contribution is -2.40. The Balaban J connectivity index is 2.55. The van der Waals surface area contributed by atoms with E-state index in [1.165, 1.54) is 0 Å². The van der Waals surface area contributed by atoms with E-state index in [-0.39, 0.29) is 18.5 Å². The van der Waals surface area contributed by atoms with Gasteiger partial charge in [0.1, 0.15) is 12.4 Å². The van der Waals surface area contributed by atoms with E-state index >= 15 is 0 Å². The molecule has 0 aliphatic rings. The van der Waals surface area contributed by atoms with Gasteiger partial charge in [0.25, 0.3) is 0 Å². The number of alkyl halides is 3. The smallest absolute Gasteiger partial charge is 0.392 e. The summed E-state index contributed by atoms with van der Waals surface area (Å²) in [5.74, 6) is 0.184. The third-order valence-corrected chi connectivity index (χ3v) is 3.20. The summed E-state index contributed by atoms with van der Waals surface area (Å²) in [5.41, 5.74) is 1.00. The summed E-state index contributed by atoms with van der Waals surface area (Å²) in [7, 11) is 0. The molecule has 21 heavy (non-hydrogen) atoms. The van der Waals surface area contributed by atoms with Gasteiger partial charge in [0.05, 0.1) is 12.1 Å². The number of benzene rings is 1. The van der Waals surface area contributed by atoms with Crippen molar-refractivity contribution in [2.75, 3.05) is 11.4 Å². The second kappa shape index (κ2) is 5.89. The minimum absolute atomic E-state index is 0.184. The molecule has 0 amide bonds. The van der Waals surface area contributed by atoms with Crippen LogP contribution in [-0.4, -0.2) is 28.9 Å². The molecule has 0 saturated heterocycles. The first kappa shape index (κ1) is 15.6. The Bertz CT molecular complexity index is 626. The number of pyridine rings is 1. The Labute approximate surface area is 121 Å². The minimum Gasteiger partial charge on any atom is -0.392 e. The lowest BCUT2D eigenvalue weighted by atomic mass is 10.1. The molecule has 1 aromatic carbocycles. The number of halogens is 3. The number of aliphatic hydroxyl groups is 1. The topological polar surface area (TPSA) is 36.4 Å². The number of aromatic nitrogens is 1. The third-order valence-electron chi connectivity index (χ3n) is 3.20. The van der Waals surface area contributed by atoms with Crippen molar-refractivity contribution in [2.24, 2.45) is 0 Å². The maximum Gasteiger partial charge on any atom is 0.405 e. The predicted molar refractivity (Wildman–Crippen MR) is 76.2 cm³/mol. The molecule has 2 aromatic rings. The molecule has 0 fully saturated rings. The van der Waals surface area contributed by atoms with Gasteiger partial charge in [-0.05, 0) is 26.0 Å². The molecule has 6 heteroatoms. The van der Waals surface area contributed by atoms with Gasteiger partial charge in [-0.3, -0.25) is 0 Å². The Morgan fingerprint density at radius 1 is 1.24 bits per heavy atom. The highest BCUT2D eigenvalue weighted by Crippen LogP contribution is 2.28. The third kappa shape index (κ3) is 3.64. The van der Waals surface area contributed by atoms with Crippen LogP contribution in [0.4, 0.5) is 19.0 Å². The summed E-state index contributed by atoms with van der Waals surface area (Å²) < 4.78 is 38.3. The van der Waals surface area contributed by atoms with Crippen molar-refractivity contribution in [3.05, 3.63) is 35.9 Å². The molecule has 0 saturated carbocycles. The Morgan fingerprint density at radius 3 is 2.48 bits per heavy atom. The van der Waals surface area contributed by atoms with Gasteiger partial charge in [0.15, 0.2) is 0 Å². The quantitative estimate of drug-likeness (QED) is 0.938. The number of anilines is 1. The molecule has 0 spiro atoms. The van der Waals surface area contributed by atoms with Crippen LogP contribution in [0.1, 0.15) is 19.4 Å². The average Bonchev–Trinajstić information content (AvgIpc) is 2.42. The van der Waals surface area contributed by atoms with Crippen LogP contribution in [0.25, 0.3) is 10.9 Å². The van der Waals surface area contributed by atoms with E-state index in [4.69, 9.17) is 0 Å². The summed E-state index contributed by atoms with van der Waals surface area (Å²) in [5, 5.41) is 10.3. The van der Waals surface area contributed by atoms with Gasteiger partial charge >= 0.3 is 6.18 Å². The van der Waals surface area contributed by atoms with E-state index < -0.39 is 12.7 Å². The van der Waals surface area contributed by atoms with Crippen molar-refractivity contribution in [3.63, 3.8) is 0 Å². The first-order valence-corrected chi connectivity index (χ1v) is 6.64. The highest BCUT2D eigenvalue weighted by molar-refractivity contribution is 5.81. The standard InChI is InChI=1S/C15H17F3N2O/c1-10(2)20(9-15(16,17)18)14-12(8-21)7-11-5-3-4-6-13(11)19-14/h3-7,10,21H,8-9H2,1-2H3. The van der Waals surface area contributed by atoms with E-state index in [0.717, 1.165) is 10.3 Å². The molecule has 0 aliphatic heterocycles. The van der Waals surface area contributed by atoms with Crippen molar-refractivity contribution in [3.8, 4) is 0 Å². The first-order chi connectivity index (χ1) is 9.81. The van der Waals surface area contributed by atoms with Crippen LogP contribution in [0, 0.1) is 0 Å². The molecule has 0 atom stereocenters. The largest absolute Gasteiger partial charge is 0.405 e. The van der Waals surface area contributed by atoms with E-state index in [1.807, 2.05) is 12.1 Å². The van der Waals surface area contributed by atoms with Crippen LogP contribution in [0.5, 0.6) is 0 Å². The van der Waals surface area contributed by atoms with Crippen LogP contribution in [0.2, 0.25) is 0 Å². The first-order valence-electron chi connectivity index (χ1n) is 6.64. The molecule has 1 heterocycles. The number of rotatable bonds is 4. The summed E-state index contributed by atoms with van der Waals surface area (Å²) >= 11 is 0. The fraction of sp³-hybridized carbons (Fsp3) is 0.400. The molecular formula is C15H17F3N2O. The number of fused-ring (bicyclic) bond motifs is 1. The van der Waals surface area contributed by atoms with Crippen LogP contribution in [0.3, 0.4) is 0 Å².